The molecule has 134 valence electrons. The largest absolute Gasteiger partial charge is 0.379 e. The van der Waals surface area contributed by atoms with E-state index in [2.05, 4.69) is 32.5 Å². The summed E-state index contributed by atoms with van der Waals surface area (Å²) in [7, 11) is 0. The number of carbonyl (C=O) groups excluding carboxylic acids is 1. The Morgan fingerprint density at radius 2 is 1.96 bits per heavy atom. The quantitative estimate of drug-likeness (QED) is 0.741. The lowest BCUT2D eigenvalue weighted by Gasteiger charge is -2.26. The van der Waals surface area contributed by atoms with Crippen LogP contribution in [0.5, 0.6) is 0 Å². The predicted octanol–water partition coefficient (Wildman–Crippen LogP) is 2.33. The Bertz CT molecular complexity index is 899. The maximum absolute atomic E-state index is 12.6. The number of nitrogens with one attached hydrogen (secondary N) is 2. The summed E-state index contributed by atoms with van der Waals surface area (Å²) in [5.74, 6) is -0.0987. The SMILES string of the molecule is O=C(NCc1cccc(CN2CCOCC2)c1)c1cccc2cn[nH]c12. The van der Waals surface area contributed by atoms with Crippen molar-refractivity contribution >= 4 is 16.8 Å². The van der Waals surface area contributed by atoms with E-state index in [1.165, 1.54) is 5.56 Å². The van der Waals surface area contributed by atoms with Gasteiger partial charge >= 0.3 is 0 Å². The summed E-state index contributed by atoms with van der Waals surface area (Å²) in [5.41, 5.74) is 3.74. The van der Waals surface area contributed by atoms with Crippen molar-refractivity contribution in [3.8, 4) is 0 Å². The van der Waals surface area contributed by atoms with Gasteiger partial charge in [-0.1, -0.05) is 36.4 Å². The van der Waals surface area contributed by atoms with Gasteiger partial charge in [0.15, 0.2) is 0 Å². The second-order valence-corrected chi connectivity index (χ2v) is 6.53. The molecule has 2 aromatic carbocycles. The van der Waals surface area contributed by atoms with Gasteiger partial charge in [-0.15, -0.1) is 0 Å². The summed E-state index contributed by atoms with van der Waals surface area (Å²) in [6.07, 6.45) is 1.72. The maximum atomic E-state index is 12.6. The van der Waals surface area contributed by atoms with Crippen LogP contribution in [0.3, 0.4) is 0 Å². The van der Waals surface area contributed by atoms with Gasteiger partial charge in [0.25, 0.3) is 5.91 Å². The van der Waals surface area contributed by atoms with Crippen molar-refractivity contribution in [3.63, 3.8) is 0 Å². The molecule has 0 saturated carbocycles. The van der Waals surface area contributed by atoms with E-state index >= 15 is 0 Å². The number of benzene rings is 2. The molecular formula is C20H22N4O2. The van der Waals surface area contributed by atoms with Gasteiger partial charge in [-0.2, -0.15) is 5.10 Å². The number of rotatable bonds is 5. The molecule has 1 aromatic heterocycles. The molecule has 0 atom stereocenters. The number of ether oxygens (including phenoxy) is 1. The Morgan fingerprint density at radius 1 is 1.15 bits per heavy atom. The minimum absolute atomic E-state index is 0.0987. The highest BCUT2D eigenvalue weighted by Gasteiger charge is 2.12. The summed E-state index contributed by atoms with van der Waals surface area (Å²) in [4.78, 5) is 14.9. The fraction of sp³-hybridized carbons (Fsp3) is 0.300. The van der Waals surface area contributed by atoms with Crippen LogP contribution in [0.1, 0.15) is 21.5 Å². The summed E-state index contributed by atoms with van der Waals surface area (Å²) < 4.78 is 5.40. The van der Waals surface area contributed by atoms with Crippen molar-refractivity contribution in [2.24, 2.45) is 0 Å². The first-order chi connectivity index (χ1) is 12.8. The smallest absolute Gasteiger partial charge is 0.253 e. The van der Waals surface area contributed by atoms with Crippen LogP contribution < -0.4 is 5.32 Å². The Morgan fingerprint density at radius 3 is 2.85 bits per heavy atom. The van der Waals surface area contributed by atoms with Crippen molar-refractivity contribution in [2.45, 2.75) is 13.1 Å². The zero-order chi connectivity index (χ0) is 17.8. The fourth-order valence-corrected chi connectivity index (χ4v) is 3.29. The lowest BCUT2D eigenvalue weighted by molar-refractivity contribution is 0.0342. The Kier molecular flexibility index (Phi) is 4.95. The number of para-hydroxylation sites is 1. The molecule has 4 rings (SSSR count). The lowest BCUT2D eigenvalue weighted by atomic mass is 10.1. The zero-order valence-electron chi connectivity index (χ0n) is 14.6. The maximum Gasteiger partial charge on any atom is 0.253 e. The van der Waals surface area contributed by atoms with Crippen LogP contribution in [0.4, 0.5) is 0 Å². The van der Waals surface area contributed by atoms with E-state index in [-0.39, 0.29) is 5.91 Å². The molecule has 0 aliphatic carbocycles. The van der Waals surface area contributed by atoms with Crippen molar-refractivity contribution < 1.29 is 9.53 Å². The highest BCUT2D eigenvalue weighted by atomic mass is 16.5. The van der Waals surface area contributed by atoms with Crippen LogP contribution in [0.25, 0.3) is 10.9 Å². The third-order valence-corrected chi connectivity index (χ3v) is 4.68. The molecule has 1 saturated heterocycles. The molecule has 3 aromatic rings. The molecule has 0 bridgehead atoms. The topological polar surface area (TPSA) is 70.2 Å². The van der Waals surface area contributed by atoms with Gasteiger partial charge in [-0.25, -0.2) is 0 Å². The number of aromatic amines is 1. The fourth-order valence-electron chi connectivity index (χ4n) is 3.29. The monoisotopic (exact) mass is 350 g/mol. The van der Waals surface area contributed by atoms with E-state index in [1.807, 2.05) is 30.3 Å². The molecule has 6 heteroatoms. The molecule has 1 amide bonds. The van der Waals surface area contributed by atoms with Crippen LogP contribution in [0.15, 0.2) is 48.7 Å². The molecule has 0 spiro atoms. The first-order valence-electron chi connectivity index (χ1n) is 8.88. The van der Waals surface area contributed by atoms with Gasteiger partial charge < -0.3 is 10.1 Å². The first kappa shape index (κ1) is 16.8. The predicted molar refractivity (Wildman–Crippen MR) is 99.8 cm³/mol. The van der Waals surface area contributed by atoms with Crippen LogP contribution in [0.2, 0.25) is 0 Å². The van der Waals surface area contributed by atoms with Gasteiger partial charge in [0.05, 0.1) is 30.5 Å². The molecule has 26 heavy (non-hydrogen) atoms. The van der Waals surface area contributed by atoms with E-state index in [9.17, 15) is 4.79 Å². The van der Waals surface area contributed by atoms with E-state index < -0.39 is 0 Å². The minimum Gasteiger partial charge on any atom is -0.379 e. The second-order valence-electron chi connectivity index (χ2n) is 6.53. The van der Waals surface area contributed by atoms with Crippen LogP contribution >= 0.6 is 0 Å². The van der Waals surface area contributed by atoms with Gasteiger partial charge in [-0.05, 0) is 17.2 Å². The molecule has 1 fully saturated rings. The highest BCUT2D eigenvalue weighted by molar-refractivity contribution is 6.05. The number of aromatic nitrogens is 2. The molecule has 2 N–H and O–H groups in total. The van der Waals surface area contributed by atoms with Crippen LogP contribution in [0, 0.1) is 0 Å². The Labute approximate surface area is 152 Å². The van der Waals surface area contributed by atoms with E-state index in [4.69, 9.17) is 4.74 Å². The Hall–Kier alpha value is -2.70. The van der Waals surface area contributed by atoms with Crippen LogP contribution in [-0.2, 0) is 17.8 Å². The number of carbonyl (C=O) groups is 1. The number of H-pyrrole nitrogens is 1. The van der Waals surface area contributed by atoms with Crippen molar-refractivity contribution in [2.75, 3.05) is 26.3 Å². The molecule has 2 heterocycles. The molecule has 1 aliphatic heterocycles. The minimum atomic E-state index is -0.0987. The number of hydrogen-bond acceptors (Lipinski definition) is 4. The molecule has 0 radical (unpaired) electrons. The van der Waals surface area contributed by atoms with E-state index in [0.29, 0.717) is 12.1 Å². The van der Waals surface area contributed by atoms with Gasteiger partial charge in [0.2, 0.25) is 0 Å². The standard InChI is InChI=1S/C20H22N4O2/c25-20(18-6-2-5-17-13-22-23-19(17)18)21-12-15-3-1-4-16(11-15)14-24-7-9-26-10-8-24/h1-6,11,13H,7-10,12,14H2,(H,21,25)(H,22,23). The normalized spacial score (nSPS) is 15.2. The summed E-state index contributed by atoms with van der Waals surface area (Å²) in [5, 5.41) is 10.8. The molecule has 6 nitrogen and oxygen atoms in total. The van der Waals surface area contributed by atoms with Crippen LogP contribution in [-0.4, -0.2) is 47.3 Å². The van der Waals surface area contributed by atoms with Gasteiger partial charge in [0.1, 0.15) is 0 Å². The van der Waals surface area contributed by atoms with Crippen molar-refractivity contribution in [1.82, 2.24) is 20.4 Å². The van der Waals surface area contributed by atoms with Gasteiger partial charge in [0, 0.05) is 31.6 Å². The van der Waals surface area contributed by atoms with E-state index in [0.717, 1.165) is 49.3 Å². The third-order valence-electron chi connectivity index (χ3n) is 4.68. The van der Waals surface area contributed by atoms with E-state index in [1.54, 1.807) is 6.20 Å². The number of morpholine rings is 1. The molecular weight excluding hydrogens is 328 g/mol. The van der Waals surface area contributed by atoms with Crippen molar-refractivity contribution in [3.05, 3.63) is 65.4 Å². The number of hydrogen-bond donors (Lipinski definition) is 2. The third kappa shape index (κ3) is 3.76. The number of nitrogens with zero attached hydrogens (tertiary/aromatic N) is 2. The summed E-state index contributed by atoms with van der Waals surface area (Å²) >= 11 is 0. The Balaban J connectivity index is 1.40. The average Bonchev–Trinajstić information content (AvgIpc) is 3.16. The molecule has 0 unspecified atom stereocenters. The average molecular weight is 350 g/mol. The summed E-state index contributed by atoms with van der Waals surface area (Å²) in [6.45, 7) is 4.95. The first-order valence-corrected chi connectivity index (χ1v) is 8.88. The molecule has 1 aliphatic rings. The van der Waals surface area contributed by atoms with Gasteiger partial charge in [-0.3, -0.25) is 14.8 Å². The number of amides is 1. The second kappa shape index (κ2) is 7.68. The summed E-state index contributed by atoms with van der Waals surface area (Å²) in [6, 6.07) is 14.0. The zero-order valence-corrected chi connectivity index (χ0v) is 14.6. The highest BCUT2D eigenvalue weighted by Crippen LogP contribution is 2.16. The number of fused-ring (bicyclic) bond motifs is 1. The lowest BCUT2D eigenvalue weighted by Crippen LogP contribution is -2.35. The van der Waals surface area contributed by atoms with Crippen molar-refractivity contribution in [1.29, 1.82) is 0 Å².